The van der Waals surface area contributed by atoms with Crippen molar-refractivity contribution in [1.82, 2.24) is 4.90 Å². The molecule has 1 aromatic rings. The number of phenolic OH excluding ortho intramolecular Hbond substituents is 2. The summed E-state index contributed by atoms with van der Waals surface area (Å²) in [6.45, 7) is 1.12. The Kier molecular flexibility index (Phi) is 2.70. The number of carbonyl (C=O) groups excluding carboxylic acids is 1. The highest BCUT2D eigenvalue weighted by Crippen LogP contribution is 2.24. The van der Waals surface area contributed by atoms with E-state index in [-0.39, 0.29) is 35.5 Å². The van der Waals surface area contributed by atoms with Gasteiger partial charge in [0.25, 0.3) is 5.91 Å². The molecule has 1 aliphatic heterocycles. The van der Waals surface area contributed by atoms with Crippen LogP contribution in [0.2, 0.25) is 0 Å². The lowest BCUT2D eigenvalue weighted by molar-refractivity contribution is 0.0361. The van der Waals surface area contributed by atoms with Gasteiger partial charge in [-0.3, -0.25) is 4.79 Å². The van der Waals surface area contributed by atoms with E-state index in [0.717, 1.165) is 0 Å². The van der Waals surface area contributed by atoms with Crippen LogP contribution in [0.5, 0.6) is 11.5 Å². The summed E-state index contributed by atoms with van der Waals surface area (Å²) in [5.41, 5.74) is 0.258. The highest BCUT2D eigenvalue weighted by Gasteiger charge is 2.30. The zero-order chi connectivity index (χ0) is 11.7. The third-order valence-corrected chi connectivity index (χ3v) is 2.65. The summed E-state index contributed by atoms with van der Waals surface area (Å²) in [4.78, 5) is 13.4. The summed E-state index contributed by atoms with van der Waals surface area (Å²) in [6, 6.07) is 3.80. The highest BCUT2D eigenvalue weighted by molar-refractivity contribution is 5.95. The molecule has 86 valence electrons. The van der Waals surface area contributed by atoms with E-state index >= 15 is 0 Å². The molecule has 0 aliphatic carbocycles. The normalized spacial score (nSPS) is 15.9. The lowest BCUT2D eigenvalue weighted by Gasteiger charge is -2.38. The van der Waals surface area contributed by atoms with Gasteiger partial charge in [0, 0.05) is 37.2 Å². The van der Waals surface area contributed by atoms with Crippen molar-refractivity contribution >= 4 is 5.91 Å². The van der Waals surface area contributed by atoms with Gasteiger partial charge in [-0.1, -0.05) is 0 Å². The minimum absolute atomic E-state index is 0.0784. The van der Waals surface area contributed by atoms with Crippen molar-refractivity contribution in [2.45, 2.75) is 0 Å². The van der Waals surface area contributed by atoms with Crippen molar-refractivity contribution in [3.05, 3.63) is 23.8 Å². The molecule has 0 unspecified atom stereocenters. The molecule has 0 atom stereocenters. The topological polar surface area (TPSA) is 81.0 Å². The molecule has 1 aliphatic rings. The molecule has 1 fully saturated rings. The molecule has 0 radical (unpaired) electrons. The van der Waals surface area contributed by atoms with E-state index in [1.807, 2.05) is 0 Å². The number of aromatic hydroxyl groups is 2. The summed E-state index contributed by atoms with van der Waals surface area (Å²) in [5.74, 6) is -0.365. The van der Waals surface area contributed by atoms with Gasteiger partial charge in [-0.05, 0) is 12.1 Å². The van der Waals surface area contributed by atoms with Gasteiger partial charge in [-0.25, -0.2) is 0 Å². The SMILES string of the molecule is O=C(c1cc(O)cc(O)c1)N1CC(CO)C1. The third kappa shape index (κ3) is 1.94. The van der Waals surface area contributed by atoms with Crippen LogP contribution in [-0.2, 0) is 0 Å². The average molecular weight is 223 g/mol. The maximum Gasteiger partial charge on any atom is 0.254 e. The van der Waals surface area contributed by atoms with Crippen molar-refractivity contribution in [2.24, 2.45) is 5.92 Å². The molecule has 0 saturated carbocycles. The molecule has 2 rings (SSSR count). The summed E-state index contributed by atoms with van der Waals surface area (Å²) in [5, 5.41) is 27.3. The maximum absolute atomic E-state index is 11.8. The number of hydrogen-bond donors (Lipinski definition) is 3. The Hall–Kier alpha value is -1.75. The Labute approximate surface area is 92.6 Å². The highest BCUT2D eigenvalue weighted by atomic mass is 16.3. The molecular formula is C11H13NO4. The number of aliphatic hydroxyl groups is 1. The molecule has 5 nitrogen and oxygen atoms in total. The summed E-state index contributed by atoms with van der Waals surface area (Å²) in [6.07, 6.45) is 0. The van der Waals surface area contributed by atoms with Crippen molar-refractivity contribution in [2.75, 3.05) is 19.7 Å². The first kappa shape index (κ1) is 10.8. The first-order chi connectivity index (χ1) is 7.60. The lowest BCUT2D eigenvalue weighted by atomic mass is 10.00. The second kappa shape index (κ2) is 4.02. The van der Waals surface area contributed by atoms with E-state index in [0.29, 0.717) is 13.1 Å². The number of phenols is 2. The van der Waals surface area contributed by atoms with Gasteiger partial charge in [-0.15, -0.1) is 0 Å². The fourth-order valence-corrected chi connectivity index (χ4v) is 1.75. The van der Waals surface area contributed by atoms with Gasteiger partial charge in [0.05, 0.1) is 0 Å². The standard InChI is InChI=1S/C11H13NO4/c13-6-7-4-12(5-7)11(16)8-1-9(14)3-10(15)2-8/h1-3,7,13-15H,4-6H2. The minimum Gasteiger partial charge on any atom is -0.508 e. The fourth-order valence-electron chi connectivity index (χ4n) is 1.75. The molecule has 3 N–H and O–H groups in total. The van der Waals surface area contributed by atoms with Crippen molar-refractivity contribution in [1.29, 1.82) is 0 Å². The van der Waals surface area contributed by atoms with Crippen LogP contribution >= 0.6 is 0 Å². The lowest BCUT2D eigenvalue weighted by Crippen LogP contribution is -2.51. The van der Waals surface area contributed by atoms with E-state index < -0.39 is 0 Å². The number of likely N-dealkylation sites (tertiary alicyclic amines) is 1. The molecule has 0 bridgehead atoms. The molecule has 5 heteroatoms. The summed E-state index contributed by atoms with van der Waals surface area (Å²) >= 11 is 0. The zero-order valence-electron chi connectivity index (χ0n) is 8.63. The molecule has 16 heavy (non-hydrogen) atoms. The van der Waals surface area contributed by atoms with Gasteiger partial charge in [-0.2, -0.15) is 0 Å². The number of amides is 1. The Morgan fingerprint density at radius 1 is 1.25 bits per heavy atom. The summed E-state index contributed by atoms with van der Waals surface area (Å²) < 4.78 is 0. The van der Waals surface area contributed by atoms with Crippen LogP contribution < -0.4 is 0 Å². The Morgan fingerprint density at radius 2 is 1.81 bits per heavy atom. The van der Waals surface area contributed by atoms with E-state index in [9.17, 15) is 15.0 Å². The van der Waals surface area contributed by atoms with Crippen LogP contribution in [0.4, 0.5) is 0 Å². The Bertz CT molecular complexity index is 392. The number of hydrogen-bond acceptors (Lipinski definition) is 4. The number of benzene rings is 1. The monoisotopic (exact) mass is 223 g/mol. The third-order valence-electron chi connectivity index (χ3n) is 2.65. The van der Waals surface area contributed by atoms with E-state index in [1.165, 1.54) is 18.2 Å². The van der Waals surface area contributed by atoms with Gasteiger partial charge in [0.2, 0.25) is 0 Å². The van der Waals surface area contributed by atoms with Gasteiger partial charge >= 0.3 is 0 Å². The van der Waals surface area contributed by atoms with Crippen molar-refractivity contribution in [3.8, 4) is 11.5 Å². The molecule has 1 amide bonds. The second-order valence-electron chi connectivity index (χ2n) is 4.00. The zero-order valence-corrected chi connectivity index (χ0v) is 8.63. The number of carbonyl (C=O) groups is 1. The molecule has 1 saturated heterocycles. The summed E-state index contributed by atoms with van der Waals surface area (Å²) in [7, 11) is 0. The predicted molar refractivity (Wildman–Crippen MR) is 56.3 cm³/mol. The number of aliphatic hydroxyl groups excluding tert-OH is 1. The molecule has 0 aromatic heterocycles. The van der Waals surface area contributed by atoms with E-state index in [1.54, 1.807) is 4.90 Å². The van der Waals surface area contributed by atoms with Gasteiger partial charge in [0.15, 0.2) is 0 Å². The molecule has 1 aromatic carbocycles. The van der Waals surface area contributed by atoms with Crippen LogP contribution in [0.15, 0.2) is 18.2 Å². The van der Waals surface area contributed by atoms with Gasteiger partial charge in [0.1, 0.15) is 11.5 Å². The molecule has 0 spiro atoms. The van der Waals surface area contributed by atoms with Crippen LogP contribution in [0.1, 0.15) is 10.4 Å². The van der Waals surface area contributed by atoms with Crippen LogP contribution in [0.3, 0.4) is 0 Å². The van der Waals surface area contributed by atoms with Gasteiger partial charge < -0.3 is 20.2 Å². The van der Waals surface area contributed by atoms with Crippen LogP contribution in [0, 0.1) is 5.92 Å². The number of nitrogens with zero attached hydrogens (tertiary/aromatic N) is 1. The average Bonchev–Trinajstić information content (AvgIpc) is 2.14. The smallest absolute Gasteiger partial charge is 0.254 e. The second-order valence-corrected chi connectivity index (χ2v) is 4.00. The van der Waals surface area contributed by atoms with Crippen molar-refractivity contribution < 1.29 is 20.1 Å². The number of rotatable bonds is 2. The van der Waals surface area contributed by atoms with Crippen LogP contribution in [-0.4, -0.2) is 45.8 Å². The maximum atomic E-state index is 11.8. The largest absolute Gasteiger partial charge is 0.508 e. The first-order valence-electron chi connectivity index (χ1n) is 5.03. The first-order valence-corrected chi connectivity index (χ1v) is 5.03. The van der Waals surface area contributed by atoms with Crippen LogP contribution in [0.25, 0.3) is 0 Å². The quantitative estimate of drug-likeness (QED) is 0.667. The minimum atomic E-state index is -0.240. The molecular weight excluding hydrogens is 210 g/mol. The Balaban J connectivity index is 2.10. The predicted octanol–water partition coefficient (Wildman–Crippen LogP) is 0.162. The van der Waals surface area contributed by atoms with E-state index in [4.69, 9.17) is 5.11 Å². The molecule has 1 heterocycles. The van der Waals surface area contributed by atoms with E-state index in [2.05, 4.69) is 0 Å². The Morgan fingerprint density at radius 3 is 2.31 bits per heavy atom. The fraction of sp³-hybridized carbons (Fsp3) is 0.364. The van der Waals surface area contributed by atoms with Crippen molar-refractivity contribution in [3.63, 3.8) is 0 Å².